The van der Waals surface area contributed by atoms with Crippen LogP contribution in [0.5, 0.6) is 11.5 Å². The molecule has 52 heavy (non-hydrogen) atoms. The largest absolute Gasteiger partial charge is 0.456 e. The second-order valence-electron chi connectivity index (χ2n) is 12.7. The third kappa shape index (κ3) is 5.22. The SMILES string of the molecule is N#Cc1ccc(-c2nc(-c3cccc(-c4ccccc4)c3)nc(-c3cccc4c3Oc3ccccc3C4(c3ccccc3)c3ccccc3)n2)cc1. The number of hydrogen-bond acceptors (Lipinski definition) is 5. The van der Waals surface area contributed by atoms with Gasteiger partial charge in [-0.1, -0.05) is 140 Å². The zero-order chi connectivity index (χ0) is 34.9. The van der Waals surface area contributed by atoms with E-state index in [9.17, 15) is 5.26 Å². The summed E-state index contributed by atoms with van der Waals surface area (Å²) in [5, 5.41) is 9.49. The fraction of sp³-hybridized carbons (Fsp3) is 0.0213. The second-order valence-corrected chi connectivity index (χ2v) is 12.7. The molecular formula is C47H30N4O. The summed E-state index contributed by atoms with van der Waals surface area (Å²) in [5.41, 5.74) is 8.75. The highest BCUT2D eigenvalue weighted by atomic mass is 16.5. The van der Waals surface area contributed by atoms with Gasteiger partial charge in [0, 0.05) is 22.3 Å². The van der Waals surface area contributed by atoms with Crippen LogP contribution in [0.4, 0.5) is 0 Å². The number of benzene rings is 7. The van der Waals surface area contributed by atoms with Gasteiger partial charge in [-0.2, -0.15) is 5.26 Å². The van der Waals surface area contributed by atoms with E-state index in [0.717, 1.165) is 55.8 Å². The van der Waals surface area contributed by atoms with Gasteiger partial charge in [-0.05, 0) is 64.7 Å². The maximum absolute atomic E-state index is 9.49. The molecule has 1 aliphatic rings. The van der Waals surface area contributed by atoms with Crippen molar-refractivity contribution in [1.82, 2.24) is 15.0 Å². The Morgan fingerprint density at radius 1 is 0.442 bits per heavy atom. The Hall–Kier alpha value is -7.16. The van der Waals surface area contributed by atoms with Crippen LogP contribution >= 0.6 is 0 Å². The molecule has 7 aromatic carbocycles. The molecule has 0 unspecified atom stereocenters. The topological polar surface area (TPSA) is 71.7 Å². The third-order valence-electron chi connectivity index (χ3n) is 9.71. The van der Waals surface area contributed by atoms with Gasteiger partial charge in [0.15, 0.2) is 17.5 Å². The van der Waals surface area contributed by atoms with Gasteiger partial charge in [0.1, 0.15) is 11.5 Å². The maximum Gasteiger partial charge on any atom is 0.167 e. The van der Waals surface area contributed by atoms with Gasteiger partial charge >= 0.3 is 0 Å². The van der Waals surface area contributed by atoms with E-state index in [1.165, 1.54) is 0 Å². The molecule has 0 amide bonds. The van der Waals surface area contributed by atoms with Crippen LogP contribution in [0.3, 0.4) is 0 Å². The molecule has 1 aromatic heterocycles. The fourth-order valence-corrected chi connectivity index (χ4v) is 7.32. The van der Waals surface area contributed by atoms with Crippen molar-refractivity contribution >= 4 is 0 Å². The van der Waals surface area contributed by atoms with Crippen molar-refractivity contribution in [2.75, 3.05) is 0 Å². The summed E-state index contributed by atoms with van der Waals surface area (Å²) in [5.74, 6) is 2.98. The van der Waals surface area contributed by atoms with E-state index in [2.05, 4.69) is 115 Å². The predicted molar refractivity (Wildman–Crippen MR) is 205 cm³/mol. The molecule has 8 aromatic rings. The fourth-order valence-electron chi connectivity index (χ4n) is 7.32. The summed E-state index contributed by atoms with van der Waals surface area (Å²) in [7, 11) is 0. The van der Waals surface area contributed by atoms with Gasteiger partial charge in [0.05, 0.1) is 22.6 Å². The standard InChI is InChI=1S/C47H30N4O/c48-31-32-26-28-34(29-27-32)44-49-45(36-17-12-16-35(30-36)33-14-4-1-5-15-33)51-46(50-44)39-22-13-24-41-43(39)52-42-25-11-10-23-40(42)47(41,37-18-6-2-7-19-37)38-20-8-3-9-21-38/h1-30H. The molecule has 0 atom stereocenters. The molecule has 0 bridgehead atoms. The monoisotopic (exact) mass is 666 g/mol. The van der Waals surface area contributed by atoms with Crippen LogP contribution < -0.4 is 4.74 Å². The molecule has 0 radical (unpaired) electrons. The lowest BCUT2D eigenvalue weighted by Gasteiger charge is -2.42. The van der Waals surface area contributed by atoms with Crippen LogP contribution in [0.15, 0.2) is 182 Å². The number of fused-ring (bicyclic) bond motifs is 2. The van der Waals surface area contributed by atoms with Crippen molar-refractivity contribution in [3.05, 3.63) is 210 Å². The Morgan fingerprint density at radius 3 is 1.67 bits per heavy atom. The van der Waals surface area contributed by atoms with E-state index in [0.29, 0.717) is 28.8 Å². The molecular weight excluding hydrogens is 637 g/mol. The summed E-state index contributed by atoms with van der Waals surface area (Å²) < 4.78 is 6.92. The van der Waals surface area contributed by atoms with Crippen molar-refractivity contribution < 1.29 is 4.74 Å². The first kappa shape index (κ1) is 30.9. The first-order chi connectivity index (χ1) is 25.7. The summed E-state index contributed by atoms with van der Waals surface area (Å²) >= 11 is 0. The molecule has 0 fully saturated rings. The molecule has 0 saturated carbocycles. The Bertz CT molecular complexity index is 2560. The Kier molecular flexibility index (Phi) is 7.68. The number of nitrogens with zero attached hydrogens (tertiary/aromatic N) is 4. The number of para-hydroxylation sites is 2. The van der Waals surface area contributed by atoms with E-state index in [1.807, 2.05) is 60.7 Å². The molecule has 9 rings (SSSR count). The molecule has 244 valence electrons. The summed E-state index contributed by atoms with van der Waals surface area (Å²) in [6.07, 6.45) is 0. The summed E-state index contributed by atoms with van der Waals surface area (Å²) in [6, 6.07) is 63.8. The lowest BCUT2D eigenvalue weighted by molar-refractivity contribution is 0.436. The first-order valence-corrected chi connectivity index (χ1v) is 17.2. The summed E-state index contributed by atoms with van der Waals surface area (Å²) in [4.78, 5) is 15.3. The maximum atomic E-state index is 9.49. The molecule has 5 heteroatoms. The predicted octanol–water partition coefficient (Wildman–Crippen LogP) is 10.9. The van der Waals surface area contributed by atoms with Crippen molar-refractivity contribution in [2.45, 2.75) is 5.41 Å². The quantitative estimate of drug-likeness (QED) is 0.177. The summed E-state index contributed by atoms with van der Waals surface area (Å²) in [6.45, 7) is 0. The lowest BCUT2D eigenvalue weighted by atomic mass is 9.63. The first-order valence-electron chi connectivity index (χ1n) is 17.2. The Labute approximate surface area is 302 Å². The van der Waals surface area contributed by atoms with E-state index >= 15 is 0 Å². The van der Waals surface area contributed by atoms with Crippen LogP contribution in [-0.4, -0.2) is 15.0 Å². The van der Waals surface area contributed by atoms with Crippen LogP contribution in [0.2, 0.25) is 0 Å². The molecule has 2 heterocycles. The van der Waals surface area contributed by atoms with Gasteiger partial charge < -0.3 is 4.74 Å². The molecule has 0 N–H and O–H groups in total. The van der Waals surface area contributed by atoms with E-state index in [4.69, 9.17) is 19.7 Å². The highest BCUT2D eigenvalue weighted by Gasteiger charge is 2.46. The lowest BCUT2D eigenvalue weighted by Crippen LogP contribution is -2.34. The van der Waals surface area contributed by atoms with E-state index in [-0.39, 0.29) is 0 Å². The van der Waals surface area contributed by atoms with Crippen LogP contribution in [0, 0.1) is 11.3 Å². The molecule has 1 aliphatic heterocycles. The minimum Gasteiger partial charge on any atom is -0.456 e. The zero-order valence-electron chi connectivity index (χ0n) is 28.0. The van der Waals surface area contributed by atoms with Crippen molar-refractivity contribution in [1.29, 1.82) is 5.26 Å². The van der Waals surface area contributed by atoms with Crippen molar-refractivity contribution in [3.8, 4) is 62.9 Å². The van der Waals surface area contributed by atoms with Crippen LogP contribution in [0.25, 0.3) is 45.3 Å². The van der Waals surface area contributed by atoms with Crippen molar-refractivity contribution in [2.24, 2.45) is 0 Å². The molecule has 5 nitrogen and oxygen atoms in total. The van der Waals surface area contributed by atoms with Gasteiger partial charge in [-0.15, -0.1) is 0 Å². The second kappa shape index (κ2) is 12.9. The van der Waals surface area contributed by atoms with Gasteiger partial charge in [-0.3, -0.25) is 0 Å². The van der Waals surface area contributed by atoms with Crippen LogP contribution in [0.1, 0.15) is 27.8 Å². The third-order valence-corrected chi connectivity index (χ3v) is 9.71. The van der Waals surface area contributed by atoms with Gasteiger partial charge in [0.2, 0.25) is 0 Å². The number of aromatic nitrogens is 3. The minimum atomic E-state index is -0.682. The highest BCUT2D eigenvalue weighted by molar-refractivity contribution is 5.79. The molecule has 0 aliphatic carbocycles. The highest BCUT2D eigenvalue weighted by Crippen LogP contribution is 2.57. The van der Waals surface area contributed by atoms with Crippen LogP contribution in [-0.2, 0) is 5.41 Å². The number of hydrogen-bond donors (Lipinski definition) is 0. The zero-order valence-corrected chi connectivity index (χ0v) is 28.0. The van der Waals surface area contributed by atoms with E-state index in [1.54, 1.807) is 12.1 Å². The van der Waals surface area contributed by atoms with Gasteiger partial charge in [0.25, 0.3) is 0 Å². The Morgan fingerprint density at radius 2 is 0.981 bits per heavy atom. The number of ether oxygens (including phenoxy) is 1. The van der Waals surface area contributed by atoms with E-state index < -0.39 is 5.41 Å². The molecule has 0 spiro atoms. The number of rotatable bonds is 6. The minimum absolute atomic E-state index is 0.487. The van der Waals surface area contributed by atoms with Gasteiger partial charge in [-0.25, -0.2) is 15.0 Å². The Balaban J connectivity index is 1.30. The average molecular weight is 667 g/mol. The average Bonchev–Trinajstić information content (AvgIpc) is 3.23. The smallest absolute Gasteiger partial charge is 0.167 e. The number of nitriles is 1. The normalized spacial score (nSPS) is 12.5. The molecule has 0 saturated heterocycles. The van der Waals surface area contributed by atoms with Crippen molar-refractivity contribution in [3.63, 3.8) is 0 Å².